The van der Waals surface area contributed by atoms with Crippen LogP contribution in [0.3, 0.4) is 0 Å². The minimum Gasteiger partial charge on any atom is -0.352 e. The topological polar surface area (TPSA) is 39.9 Å². The van der Waals surface area contributed by atoms with E-state index in [9.17, 15) is 5.26 Å². The molecule has 0 amide bonds. The van der Waals surface area contributed by atoms with Crippen LogP contribution in [0.5, 0.6) is 0 Å². The molecule has 110 valence electrons. The first-order valence-electron chi connectivity index (χ1n) is 7.59. The number of nitrogens with zero attached hydrogens (tertiary/aromatic N) is 3. The van der Waals surface area contributed by atoms with E-state index in [-0.39, 0.29) is 0 Å². The van der Waals surface area contributed by atoms with Gasteiger partial charge in [-0.1, -0.05) is 27.7 Å². The predicted molar refractivity (Wildman–Crippen MR) is 85.0 cm³/mol. The smallest absolute Gasteiger partial charge is 0.147 e. The fourth-order valence-corrected chi connectivity index (χ4v) is 2.69. The van der Waals surface area contributed by atoms with Gasteiger partial charge in [0.15, 0.2) is 0 Å². The van der Waals surface area contributed by atoms with Crippen molar-refractivity contribution in [1.82, 2.24) is 4.98 Å². The average molecular weight is 273 g/mol. The van der Waals surface area contributed by atoms with E-state index in [2.05, 4.69) is 43.6 Å². The summed E-state index contributed by atoms with van der Waals surface area (Å²) >= 11 is 0. The molecule has 3 nitrogen and oxygen atoms in total. The molecule has 1 rings (SSSR count). The van der Waals surface area contributed by atoms with E-state index in [4.69, 9.17) is 0 Å². The van der Waals surface area contributed by atoms with Crippen LogP contribution in [0.4, 0.5) is 5.82 Å². The molecule has 0 N–H and O–H groups in total. The zero-order valence-corrected chi connectivity index (χ0v) is 13.7. The molecule has 0 atom stereocenters. The van der Waals surface area contributed by atoms with Crippen LogP contribution in [0.25, 0.3) is 0 Å². The molecule has 1 heterocycles. The van der Waals surface area contributed by atoms with Crippen LogP contribution in [0, 0.1) is 31.1 Å². The maximum Gasteiger partial charge on any atom is 0.147 e. The van der Waals surface area contributed by atoms with Crippen LogP contribution in [0.2, 0.25) is 0 Å². The lowest BCUT2D eigenvalue weighted by atomic mass is 10.0. The van der Waals surface area contributed by atoms with Crippen molar-refractivity contribution in [2.75, 3.05) is 11.4 Å². The van der Waals surface area contributed by atoms with Gasteiger partial charge >= 0.3 is 0 Å². The minimum atomic E-state index is 0.443. The molecule has 0 spiro atoms. The highest BCUT2D eigenvalue weighted by Gasteiger charge is 2.22. The van der Waals surface area contributed by atoms with Crippen molar-refractivity contribution in [2.24, 2.45) is 5.92 Å². The van der Waals surface area contributed by atoms with Crippen molar-refractivity contribution in [3.8, 4) is 6.07 Å². The Morgan fingerprint density at radius 1 is 1.25 bits per heavy atom. The summed E-state index contributed by atoms with van der Waals surface area (Å²) in [6.07, 6.45) is 2.14. The van der Waals surface area contributed by atoms with Crippen molar-refractivity contribution in [3.05, 3.63) is 22.9 Å². The van der Waals surface area contributed by atoms with Crippen LogP contribution in [-0.4, -0.2) is 17.6 Å². The summed E-state index contributed by atoms with van der Waals surface area (Å²) in [4.78, 5) is 7.01. The Kier molecular flexibility index (Phi) is 6.01. The number of rotatable bonds is 6. The fourth-order valence-electron chi connectivity index (χ4n) is 2.69. The van der Waals surface area contributed by atoms with Gasteiger partial charge in [0.05, 0.1) is 5.56 Å². The second kappa shape index (κ2) is 7.28. The lowest BCUT2D eigenvalue weighted by Crippen LogP contribution is -2.38. The summed E-state index contributed by atoms with van der Waals surface area (Å²) in [5.41, 5.74) is 2.73. The van der Waals surface area contributed by atoms with Crippen molar-refractivity contribution in [3.63, 3.8) is 0 Å². The van der Waals surface area contributed by atoms with E-state index >= 15 is 0 Å². The number of hydrogen-bond donors (Lipinski definition) is 0. The van der Waals surface area contributed by atoms with Crippen LogP contribution in [0.15, 0.2) is 6.07 Å². The molecule has 0 fully saturated rings. The van der Waals surface area contributed by atoms with Gasteiger partial charge in [0.25, 0.3) is 0 Å². The van der Waals surface area contributed by atoms with Gasteiger partial charge in [0.2, 0.25) is 0 Å². The average Bonchev–Trinajstić information content (AvgIpc) is 2.37. The monoisotopic (exact) mass is 273 g/mol. The van der Waals surface area contributed by atoms with Crippen LogP contribution >= 0.6 is 0 Å². The third-order valence-corrected chi connectivity index (χ3v) is 3.65. The second-order valence-electron chi connectivity index (χ2n) is 5.91. The Bertz CT molecular complexity index is 482. The van der Waals surface area contributed by atoms with Gasteiger partial charge in [-0.15, -0.1) is 0 Å². The number of anilines is 1. The van der Waals surface area contributed by atoms with E-state index in [1.165, 1.54) is 0 Å². The van der Waals surface area contributed by atoms with E-state index in [1.807, 2.05) is 19.9 Å². The van der Waals surface area contributed by atoms with Gasteiger partial charge < -0.3 is 4.90 Å². The summed E-state index contributed by atoms with van der Waals surface area (Å²) in [7, 11) is 0. The molecule has 0 saturated carbocycles. The van der Waals surface area contributed by atoms with Gasteiger partial charge in [-0.25, -0.2) is 4.98 Å². The van der Waals surface area contributed by atoms with E-state index in [1.54, 1.807) is 0 Å². The van der Waals surface area contributed by atoms with Gasteiger partial charge in [0.1, 0.15) is 11.9 Å². The quantitative estimate of drug-likeness (QED) is 0.779. The SMILES string of the molecule is CCC(CC)N(CC(C)C)c1nc(C)cc(C)c1C#N. The molecule has 0 aliphatic rings. The lowest BCUT2D eigenvalue weighted by molar-refractivity contribution is 0.502. The van der Waals surface area contributed by atoms with Gasteiger partial charge in [-0.3, -0.25) is 0 Å². The van der Waals surface area contributed by atoms with Crippen molar-refractivity contribution < 1.29 is 0 Å². The van der Waals surface area contributed by atoms with Crippen LogP contribution < -0.4 is 4.90 Å². The molecule has 1 aromatic heterocycles. The summed E-state index contributed by atoms with van der Waals surface area (Å²) < 4.78 is 0. The zero-order valence-electron chi connectivity index (χ0n) is 13.7. The van der Waals surface area contributed by atoms with Crippen molar-refractivity contribution in [1.29, 1.82) is 5.26 Å². The summed E-state index contributed by atoms with van der Waals surface area (Å²) in [5, 5.41) is 9.48. The molecule has 1 aromatic rings. The van der Waals surface area contributed by atoms with E-state index < -0.39 is 0 Å². The Hall–Kier alpha value is -1.56. The fraction of sp³-hybridized carbons (Fsp3) is 0.647. The second-order valence-corrected chi connectivity index (χ2v) is 5.91. The molecule has 0 aliphatic heterocycles. The normalized spacial score (nSPS) is 10.9. The first-order valence-corrected chi connectivity index (χ1v) is 7.59. The Balaban J connectivity index is 3.36. The minimum absolute atomic E-state index is 0.443. The molecular weight excluding hydrogens is 246 g/mol. The highest BCUT2D eigenvalue weighted by atomic mass is 15.2. The number of aromatic nitrogens is 1. The molecule has 3 heteroatoms. The highest BCUT2D eigenvalue weighted by molar-refractivity contribution is 5.58. The van der Waals surface area contributed by atoms with Crippen LogP contribution in [0.1, 0.15) is 57.4 Å². The first kappa shape index (κ1) is 16.5. The Labute approximate surface area is 123 Å². The molecule has 0 aliphatic carbocycles. The molecule has 0 aromatic carbocycles. The van der Waals surface area contributed by atoms with Gasteiger partial charge in [-0.2, -0.15) is 5.26 Å². The molecule has 0 bridgehead atoms. The molecule has 0 saturated heterocycles. The Morgan fingerprint density at radius 3 is 2.30 bits per heavy atom. The third-order valence-electron chi connectivity index (χ3n) is 3.65. The summed E-state index contributed by atoms with van der Waals surface area (Å²) in [5.74, 6) is 1.41. The maximum atomic E-state index is 9.48. The van der Waals surface area contributed by atoms with Crippen molar-refractivity contribution in [2.45, 2.75) is 60.4 Å². The maximum absolute atomic E-state index is 9.48. The summed E-state index contributed by atoms with van der Waals surface area (Å²) in [6.45, 7) is 13.8. The van der Waals surface area contributed by atoms with Gasteiger partial charge in [-0.05, 0) is 44.2 Å². The molecule has 0 radical (unpaired) electrons. The highest BCUT2D eigenvalue weighted by Crippen LogP contribution is 2.26. The number of hydrogen-bond acceptors (Lipinski definition) is 3. The van der Waals surface area contributed by atoms with E-state index in [0.29, 0.717) is 12.0 Å². The summed E-state index contributed by atoms with van der Waals surface area (Å²) in [6, 6.07) is 4.78. The molecular formula is C17H27N3. The number of nitriles is 1. The predicted octanol–water partition coefficient (Wildman–Crippen LogP) is 4.22. The lowest BCUT2D eigenvalue weighted by Gasteiger charge is -2.34. The standard InChI is InChI=1S/C17H27N3/c1-7-15(8-2)20(11-12(3)4)17-16(10-18)13(5)9-14(6)19-17/h9,12,15H,7-8,11H2,1-6H3. The van der Waals surface area contributed by atoms with E-state index in [0.717, 1.165) is 42.0 Å². The molecule has 0 unspecified atom stereocenters. The number of pyridine rings is 1. The van der Waals surface area contributed by atoms with Crippen LogP contribution in [-0.2, 0) is 0 Å². The first-order chi connectivity index (χ1) is 9.44. The third kappa shape index (κ3) is 3.72. The number of aryl methyl sites for hydroxylation is 2. The largest absolute Gasteiger partial charge is 0.352 e. The Morgan fingerprint density at radius 2 is 1.85 bits per heavy atom. The zero-order chi connectivity index (χ0) is 15.3. The van der Waals surface area contributed by atoms with Gasteiger partial charge in [0, 0.05) is 18.3 Å². The molecule has 20 heavy (non-hydrogen) atoms. The van der Waals surface area contributed by atoms with Crippen molar-refractivity contribution >= 4 is 5.82 Å².